The molecule has 1 aromatic heterocycles. The Morgan fingerprint density at radius 2 is 0.930 bits per heavy atom. The highest BCUT2D eigenvalue weighted by molar-refractivity contribution is 6.24. The van der Waals surface area contributed by atoms with Crippen LogP contribution < -0.4 is 0 Å². The molecule has 43 heavy (non-hydrogen) atoms. The van der Waals surface area contributed by atoms with Gasteiger partial charge in [0.15, 0.2) is 0 Å². The van der Waals surface area contributed by atoms with Gasteiger partial charge in [-0.15, -0.1) is 0 Å². The lowest BCUT2D eigenvalue weighted by Gasteiger charge is -2.19. The minimum atomic E-state index is -0.864. The van der Waals surface area contributed by atoms with E-state index in [1.54, 1.807) is 36.4 Å². The standard InChI is InChI=1S/C42H26O/c1-2-12-27(13-3-1)41-34-15-4-6-17-36(34)42(37-18-7-5-16-35(37)41)33-22-11-20-30-29(19-10-21-31(30)33)28-24-25-40-38(26-28)32-14-8-9-23-39(32)43-40/h1-26H/i1D,2D,3D,4D,5D,6D,7D,10D,11D,12D,13D,15D,16D,17D,18D,19D,20D,21D,22D. The van der Waals surface area contributed by atoms with Crippen molar-refractivity contribution in [3.8, 4) is 33.4 Å². The van der Waals surface area contributed by atoms with Crippen LogP contribution in [0.1, 0.15) is 26.0 Å². The van der Waals surface area contributed by atoms with Crippen LogP contribution in [0, 0.1) is 0 Å². The minimum Gasteiger partial charge on any atom is -0.456 e. The molecule has 0 aliphatic heterocycles. The van der Waals surface area contributed by atoms with Crippen molar-refractivity contribution in [2.24, 2.45) is 0 Å². The number of benzene rings is 8. The number of hydrogen-bond acceptors (Lipinski definition) is 1. The summed E-state index contributed by atoms with van der Waals surface area (Å²) in [5.41, 5.74) is -1.11. The lowest BCUT2D eigenvalue weighted by molar-refractivity contribution is 0.669. The van der Waals surface area contributed by atoms with Gasteiger partial charge in [0.25, 0.3) is 0 Å². The van der Waals surface area contributed by atoms with Gasteiger partial charge < -0.3 is 4.42 Å². The van der Waals surface area contributed by atoms with Gasteiger partial charge in [0.1, 0.15) is 11.2 Å². The van der Waals surface area contributed by atoms with E-state index in [0.29, 0.717) is 21.9 Å². The van der Waals surface area contributed by atoms with E-state index in [9.17, 15) is 12.3 Å². The van der Waals surface area contributed by atoms with Gasteiger partial charge in [0, 0.05) is 10.8 Å². The molecule has 0 amide bonds. The van der Waals surface area contributed by atoms with E-state index < -0.39 is 164 Å². The molecule has 0 unspecified atom stereocenters. The summed E-state index contributed by atoms with van der Waals surface area (Å²) in [5.74, 6) is 0. The van der Waals surface area contributed by atoms with E-state index in [1.165, 1.54) is 0 Å². The highest BCUT2D eigenvalue weighted by atomic mass is 16.3. The molecule has 1 heterocycles. The molecule has 0 radical (unpaired) electrons. The third-order valence-electron chi connectivity index (χ3n) is 7.54. The van der Waals surface area contributed by atoms with Crippen molar-refractivity contribution >= 4 is 54.3 Å². The third-order valence-corrected chi connectivity index (χ3v) is 7.54. The van der Waals surface area contributed by atoms with Crippen LogP contribution in [0.5, 0.6) is 0 Å². The molecule has 9 aromatic rings. The zero-order valence-electron chi connectivity index (χ0n) is 40.9. The Bertz CT molecular complexity index is 3460. The Morgan fingerprint density at radius 1 is 0.372 bits per heavy atom. The Hall–Kier alpha value is -5.66. The van der Waals surface area contributed by atoms with Crippen molar-refractivity contribution in [1.29, 1.82) is 0 Å². The van der Waals surface area contributed by atoms with Crippen molar-refractivity contribution in [2.75, 3.05) is 0 Å². The maximum atomic E-state index is 9.46. The molecule has 0 bridgehead atoms. The summed E-state index contributed by atoms with van der Waals surface area (Å²) in [4.78, 5) is 0. The zero-order valence-corrected chi connectivity index (χ0v) is 21.9. The quantitative estimate of drug-likeness (QED) is 0.194. The first-order valence-electron chi connectivity index (χ1n) is 22.7. The van der Waals surface area contributed by atoms with E-state index in [1.807, 2.05) is 6.07 Å². The highest BCUT2D eigenvalue weighted by Crippen LogP contribution is 2.46. The van der Waals surface area contributed by atoms with Crippen molar-refractivity contribution < 1.29 is 30.5 Å². The topological polar surface area (TPSA) is 13.1 Å². The van der Waals surface area contributed by atoms with E-state index in [-0.39, 0.29) is 16.5 Å². The molecule has 0 saturated carbocycles. The van der Waals surface area contributed by atoms with Crippen molar-refractivity contribution in [3.05, 3.63) is 157 Å². The molecule has 0 fully saturated rings. The third kappa shape index (κ3) is 3.65. The first kappa shape index (κ1) is 11.9. The van der Waals surface area contributed by atoms with Gasteiger partial charge in [-0.1, -0.05) is 139 Å². The second kappa shape index (κ2) is 9.44. The van der Waals surface area contributed by atoms with Gasteiger partial charge >= 0.3 is 0 Å². The van der Waals surface area contributed by atoms with Crippen LogP contribution in [-0.2, 0) is 0 Å². The predicted octanol–water partition coefficient (Wildman–Crippen LogP) is 12.0. The first-order chi connectivity index (χ1) is 29.2. The molecule has 0 atom stereocenters. The molecule has 9 rings (SSSR count). The van der Waals surface area contributed by atoms with Crippen LogP contribution >= 0.6 is 0 Å². The largest absolute Gasteiger partial charge is 0.456 e. The summed E-state index contributed by atoms with van der Waals surface area (Å²) in [6, 6.07) is -3.30. The van der Waals surface area contributed by atoms with Gasteiger partial charge in [-0.2, -0.15) is 0 Å². The smallest absolute Gasteiger partial charge is 0.135 e. The molecule has 0 saturated heterocycles. The lowest BCUT2D eigenvalue weighted by atomic mass is 9.84. The number of hydrogen-bond donors (Lipinski definition) is 0. The summed E-state index contributed by atoms with van der Waals surface area (Å²) in [7, 11) is 0. The van der Waals surface area contributed by atoms with Gasteiger partial charge in [0.2, 0.25) is 0 Å². The van der Waals surface area contributed by atoms with Gasteiger partial charge in [-0.3, -0.25) is 0 Å². The van der Waals surface area contributed by atoms with Crippen molar-refractivity contribution in [1.82, 2.24) is 0 Å². The SMILES string of the molecule is [2H]c1c([2H])c([2H])c(-c2c3c([2H])c([2H])c([2H])c([2H])c3c(-c3c([2H])c([2H])c([2H])c4c(-c5ccc6oc7ccccc7c6c5)c([2H])c([2H])c([2H])c34)c3c([2H])c([2H])c([2H])c([2H])c23)c([2H])c1[2H]. The highest BCUT2D eigenvalue weighted by Gasteiger charge is 2.18. The Labute approximate surface area is 275 Å². The summed E-state index contributed by atoms with van der Waals surface area (Å²) >= 11 is 0. The van der Waals surface area contributed by atoms with E-state index in [2.05, 4.69) is 0 Å². The van der Waals surface area contributed by atoms with E-state index >= 15 is 0 Å². The summed E-state index contributed by atoms with van der Waals surface area (Å²) < 4.78 is 177. The summed E-state index contributed by atoms with van der Waals surface area (Å²) in [6.45, 7) is 0. The molecule has 200 valence electrons. The Morgan fingerprint density at radius 3 is 1.65 bits per heavy atom. The van der Waals surface area contributed by atoms with Crippen molar-refractivity contribution in [2.45, 2.75) is 0 Å². The molecular formula is C42H26O. The Kier molecular flexibility index (Phi) is 2.61. The van der Waals surface area contributed by atoms with Crippen molar-refractivity contribution in [3.63, 3.8) is 0 Å². The summed E-state index contributed by atoms with van der Waals surface area (Å²) in [6.07, 6.45) is 0. The normalized spacial score (nSPS) is 17.9. The number of para-hydroxylation sites is 1. The maximum Gasteiger partial charge on any atom is 0.135 e. The Balaban J connectivity index is 1.61. The maximum absolute atomic E-state index is 9.46. The molecule has 1 nitrogen and oxygen atoms in total. The van der Waals surface area contributed by atoms with Gasteiger partial charge in [-0.25, -0.2) is 0 Å². The molecule has 0 aliphatic rings. The molecule has 0 aliphatic carbocycles. The van der Waals surface area contributed by atoms with E-state index in [4.69, 9.17) is 18.1 Å². The van der Waals surface area contributed by atoms with Crippen LogP contribution in [0.3, 0.4) is 0 Å². The van der Waals surface area contributed by atoms with Gasteiger partial charge in [-0.05, 0) is 83.9 Å². The number of rotatable bonds is 3. The lowest BCUT2D eigenvalue weighted by Crippen LogP contribution is -1.92. The number of furan rings is 1. The second-order valence-electron chi connectivity index (χ2n) is 9.81. The molecule has 0 N–H and O–H groups in total. The van der Waals surface area contributed by atoms with Crippen LogP contribution in [-0.4, -0.2) is 0 Å². The molecule has 8 aromatic carbocycles. The average Bonchev–Trinajstić information content (AvgIpc) is 3.64. The van der Waals surface area contributed by atoms with Gasteiger partial charge in [0.05, 0.1) is 26.0 Å². The second-order valence-corrected chi connectivity index (χ2v) is 9.81. The van der Waals surface area contributed by atoms with Crippen LogP contribution in [0.25, 0.3) is 87.6 Å². The first-order valence-corrected chi connectivity index (χ1v) is 13.2. The predicted molar refractivity (Wildman–Crippen MR) is 183 cm³/mol. The minimum absolute atomic E-state index is 0.110. The molecule has 1 heteroatoms. The monoisotopic (exact) mass is 565 g/mol. The fraction of sp³-hybridized carbons (Fsp3) is 0. The fourth-order valence-corrected chi connectivity index (χ4v) is 5.72. The van der Waals surface area contributed by atoms with Crippen LogP contribution in [0.15, 0.2) is 162 Å². The summed E-state index contributed by atoms with van der Waals surface area (Å²) in [5, 5.41) is -1.66. The zero-order chi connectivity index (χ0) is 44.9. The fourth-order valence-electron chi connectivity index (χ4n) is 5.72. The average molecular weight is 566 g/mol. The molecule has 0 spiro atoms. The van der Waals surface area contributed by atoms with Crippen LogP contribution in [0.2, 0.25) is 0 Å². The molecular weight excluding hydrogens is 520 g/mol. The van der Waals surface area contributed by atoms with Crippen LogP contribution in [0.4, 0.5) is 0 Å². The number of fused-ring (bicyclic) bond motifs is 6. The van der Waals surface area contributed by atoms with E-state index in [0.717, 1.165) is 0 Å².